The van der Waals surface area contributed by atoms with Crippen molar-refractivity contribution in [1.29, 1.82) is 0 Å². The quantitative estimate of drug-likeness (QED) is 0.812. The summed E-state index contributed by atoms with van der Waals surface area (Å²) in [7, 11) is 1.43. The summed E-state index contributed by atoms with van der Waals surface area (Å²) in [5, 5.41) is 7.88. The van der Waals surface area contributed by atoms with Gasteiger partial charge in [0.2, 0.25) is 5.89 Å². The highest BCUT2D eigenvalue weighted by Gasteiger charge is 2.44. The van der Waals surface area contributed by atoms with Crippen LogP contribution in [0.3, 0.4) is 0 Å². The number of ether oxygens (including phenoxy) is 1. The van der Waals surface area contributed by atoms with Crippen LogP contribution in [0.2, 0.25) is 0 Å². The summed E-state index contributed by atoms with van der Waals surface area (Å²) in [6, 6.07) is 0.438. The van der Waals surface area contributed by atoms with Crippen molar-refractivity contribution in [2.45, 2.75) is 50.6 Å². The van der Waals surface area contributed by atoms with Crippen LogP contribution in [0.15, 0.2) is 4.52 Å². The van der Waals surface area contributed by atoms with Crippen molar-refractivity contribution in [3.05, 3.63) is 11.7 Å². The van der Waals surface area contributed by atoms with Crippen molar-refractivity contribution in [3.63, 3.8) is 0 Å². The van der Waals surface area contributed by atoms with Gasteiger partial charge in [0.1, 0.15) is 0 Å². The highest BCUT2D eigenvalue weighted by atomic mass is 16.5. The fourth-order valence-corrected chi connectivity index (χ4v) is 3.33. The third-order valence-corrected chi connectivity index (χ3v) is 4.81. The minimum atomic E-state index is -0.163. The van der Waals surface area contributed by atoms with E-state index in [-0.39, 0.29) is 11.5 Å². The molecule has 1 saturated heterocycles. The first kappa shape index (κ1) is 15.4. The number of methoxy groups -OCH3 is 1. The second kappa shape index (κ2) is 6.34. The molecule has 1 N–H and O–H groups in total. The van der Waals surface area contributed by atoms with Gasteiger partial charge in [-0.2, -0.15) is 4.98 Å². The Balaban J connectivity index is 1.54. The van der Waals surface area contributed by atoms with Gasteiger partial charge in [-0.25, -0.2) is 0 Å². The molecule has 1 aromatic rings. The van der Waals surface area contributed by atoms with Crippen LogP contribution in [0.1, 0.15) is 43.8 Å². The van der Waals surface area contributed by atoms with E-state index in [1.54, 1.807) is 0 Å². The first-order chi connectivity index (χ1) is 10.6. The Labute approximate surface area is 130 Å². The van der Waals surface area contributed by atoms with Crippen molar-refractivity contribution in [2.75, 3.05) is 26.7 Å². The summed E-state index contributed by atoms with van der Waals surface area (Å²) in [6.07, 6.45) is 5.37. The van der Waals surface area contributed by atoms with Gasteiger partial charge >= 0.3 is 5.97 Å². The maximum absolute atomic E-state index is 11.3. The summed E-state index contributed by atoms with van der Waals surface area (Å²) in [4.78, 5) is 17.9. The summed E-state index contributed by atoms with van der Waals surface area (Å²) in [5.41, 5.74) is -0.104. The monoisotopic (exact) mass is 308 g/mol. The molecule has 1 aliphatic carbocycles. The molecule has 0 aromatic carbocycles. The van der Waals surface area contributed by atoms with Crippen LogP contribution in [0, 0.1) is 6.92 Å². The molecule has 2 aliphatic rings. The van der Waals surface area contributed by atoms with Crippen molar-refractivity contribution in [1.82, 2.24) is 20.4 Å². The first-order valence-corrected chi connectivity index (χ1v) is 7.99. The number of carbonyl (C=O) groups excluding carboxylic acids is 1. The highest BCUT2D eigenvalue weighted by Crippen LogP contribution is 2.40. The molecule has 0 radical (unpaired) electrons. The fourth-order valence-electron chi connectivity index (χ4n) is 3.33. The van der Waals surface area contributed by atoms with E-state index in [9.17, 15) is 4.79 Å². The number of aromatic nitrogens is 2. The lowest BCUT2D eigenvalue weighted by atomic mass is 9.75. The van der Waals surface area contributed by atoms with E-state index in [4.69, 9.17) is 9.26 Å². The molecule has 2 heterocycles. The topological polar surface area (TPSA) is 80.5 Å². The summed E-state index contributed by atoms with van der Waals surface area (Å²) in [6.45, 7) is 4.04. The largest absolute Gasteiger partial charge is 0.468 e. The molecule has 3 rings (SSSR count). The first-order valence-electron chi connectivity index (χ1n) is 7.99. The Kier molecular flexibility index (Phi) is 4.44. The van der Waals surface area contributed by atoms with Gasteiger partial charge < -0.3 is 14.6 Å². The van der Waals surface area contributed by atoms with Crippen molar-refractivity contribution >= 4 is 5.97 Å². The van der Waals surface area contributed by atoms with Crippen LogP contribution in [0.4, 0.5) is 0 Å². The highest BCUT2D eigenvalue weighted by molar-refractivity contribution is 5.71. The summed E-state index contributed by atoms with van der Waals surface area (Å²) in [5.74, 6) is 1.26. The molecule has 0 atom stereocenters. The van der Waals surface area contributed by atoms with E-state index < -0.39 is 0 Å². The second-order valence-corrected chi connectivity index (χ2v) is 6.34. The average Bonchev–Trinajstić information content (AvgIpc) is 2.91. The summed E-state index contributed by atoms with van der Waals surface area (Å²) >= 11 is 0. The van der Waals surface area contributed by atoms with Crippen LogP contribution < -0.4 is 5.32 Å². The van der Waals surface area contributed by atoms with Crippen molar-refractivity contribution in [2.24, 2.45) is 0 Å². The van der Waals surface area contributed by atoms with Crippen LogP contribution in [0.25, 0.3) is 0 Å². The number of piperidine rings is 1. The lowest BCUT2D eigenvalue weighted by Gasteiger charge is -2.44. The van der Waals surface area contributed by atoms with Gasteiger partial charge in [-0.3, -0.25) is 9.69 Å². The van der Waals surface area contributed by atoms with Crippen LogP contribution in [-0.2, 0) is 15.1 Å². The van der Waals surface area contributed by atoms with Gasteiger partial charge in [0.25, 0.3) is 0 Å². The maximum atomic E-state index is 11.3. The molecule has 122 valence electrons. The Morgan fingerprint density at radius 1 is 1.45 bits per heavy atom. The Morgan fingerprint density at radius 2 is 2.18 bits per heavy atom. The van der Waals surface area contributed by atoms with Gasteiger partial charge in [0, 0.05) is 26.1 Å². The number of esters is 1. The van der Waals surface area contributed by atoms with Crippen molar-refractivity contribution in [3.8, 4) is 0 Å². The zero-order valence-corrected chi connectivity index (χ0v) is 13.3. The zero-order valence-electron chi connectivity index (χ0n) is 13.3. The van der Waals surface area contributed by atoms with Gasteiger partial charge in [-0.1, -0.05) is 5.16 Å². The Hall–Kier alpha value is -1.47. The van der Waals surface area contributed by atoms with Gasteiger partial charge in [0.15, 0.2) is 5.82 Å². The molecule has 22 heavy (non-hydrogen) atoms. The predicted molar refractivity (Wildman–Crippen MR) is 79.2 cm³/mol. The molecule has 1 saturated carbocycles. The molecular weight excluding hydrogens is 284 g/mol. The van der Waals surface area contributed by atoms with Crippen LogP contribution in [-0.4, -0.2) is 53.8 Å². The molecule has 1 aromatic heterocycles. The minimum absolute atomic E-state index is 0.104. The van der Waals surface area contributed by atoms with Gasteiger partial charge in [-0.05, 0) is 32.1 Å². The standard InChI is InChI=1S/C15H24N4O3/c1-11-16-14(18-22-11)15(6-3-7-15)17-12-4-8-19(9-5-12)10-13(20)21-2/h12,17H,3-10H2,1-2H3. The smallest absolute Gasteiger partial charge is 0.319 e. The fraction of sp³-hybridized carbons (Fsp3) is 0.800. The average molecular weight is 308 g/mol. The molecule has 0 bridgehead atoms. The van der Waals surface area contributed by atoms with Crippen molar-refractivity contribution < 1.29 is 14.1 Å². The van der Waals surface area contributed by atoms with E-state index in [0.717, 1.165) is 44.6 Å². The third-order valence-electron chi connectivity index (χ3n) is 4.81. The van der Waals surface area contributed by atoms with Gasteiger partial charge in [-0.15, -0.1) is 0 Å². The zero-order chi connectivity index (χ0) is 15.6. The molecule has 7 heteroatoms. The Bertz CT molecular complexity index is 519. The molecule has 2 fully saturated rings. The number of carbonyl (C=O) groups is 1. The maximum Gasteiger partial charge on any atom is 0.319 e. The van der Waals surface area contributed by atoms with E-state index in [1.807, 2.05) is 6.92 Å². The molecular formula is C15H24N4O3. The number of aryl methyl sites for hydroxylation is 1. The molecule has 0 spiro atoms. The van der Waals surface area contributed by atoms with E-state index in [2.05, 4.69) is 20.4 Å². The Morgan fingerprint density at radius 3 is 2.68 bits per heavy atom. The molecule has 0 unspecified atom stereocenters. The second-order valence-electron chi connectivity index (χ2n) is 6.34. The molecule has 0 amide bonds. The van der Waals surface area contributed by atoms with E-state index in [0.29, 0.717) is 18.5 Å². The number of hydrogen-bond donors (Lipinski definition) is 1. The number of nitrogens with zero attached hydrogens (tertiary/aromatic N) is 3. The third kappa shape index (κ3) is 3.15. The summed E-state index contributed by atoms with van der Waals surface area (Å²) < 4.78 is 9.87. The molecule has 7 nitrogen and oxygen atoms in total. The number of nitrogens with one attached hydrogen (secondary N) is 1. The van der Waals surface area contributed by atoms with Crippen LogP contribution in [0.5, 0.6) is 0 Å². The number of likely N-dealkylation sites (tertiary alicyclic amines) is 1. The SMILES string of the molecule is COC(=O)CN1CCC(NC2(c3noc(C)n3)CCC2)CC1. The van der Waals surface area contributed by atoms with E-state index >= 15 is 0 Å². The lowest BCUT2D eigenvalue weighted by Crippen LogP contribution is -2.56. The van der Waals surface area contributed by atoms with E-state index in [1.165, 1.54) is 13.5 Å². The van der Waals surface area contributed by atoms with Gasteiger partial charge in [0.05, 0.1) is 19.2 Å². The lowest BCUT2D eigenvalue weighted by molar-refractivity contribution is -0.142. The van der Waals surface area contributed by atoms with Crippen LogP contribution >= 0.6 is 0 Å². The molecule has 1 aliphatic heterocycles. The minimum Gasteiger partial charge on any atom is -0.468 e. The number of rotatable bonds is 5. The normalized spacial score (nSPS) is 22.3. The number of hydrogen-bond acceptors (Lipinski definition) is 7. The predicted octanol–water partition coefficient (Wildman–Crippen LogP) is 0.984.